The summed E-state index contributed by atoms with van der Waals surface area (Å²) in [7, 11) is 0. The molecule has 4 heterocycles. The van der Waals surface area contributed by atoms with Crippen LogP contribution in [0, 0.1) is 22.6 Å². The Morgan fingerprint density at radius 3 is 2.35 bits per heavy atom. The van der Waals surface area contributed by atoms with Crippen molar-refractivity contribution in [3.05, 3.63) is 75.5 Å². The number of halogens is 7. The van der Waals surface area contributed by atoms with Crippen LogP contribution in [0.2, 0.25) is 0 Å². The van der Waals surface area contributed by atoms with Gasteiger partial charge in [0, 0.05) is 55.5 Å². The van der Waals surface area contributed by atoms with Crippen LogP contribution >= 0.6 is 11.3 Å². The topological polar surface area (TPSA) is 133 Å². The van der Waals surface area contributed by atoms with Gasteiger partial charge in [0.1, 0.15) is 10.6 Å². The van der Waals surface area contributed by atoms with Gasteiger partial charge in [-0.25, -0.2) is 4.39 Å². The number of carbonyl (C=O) groups excluding carboxylic acids is 2. The molecule has 0 spiro atoms. The van der Waals surface area contributed by atoms with E-state index in [0.717, 1.165) is 34.8 Å². The molecule has 18 heteroatoms. The molecule has 10 nitrogen and oxygen atoms in total. The van der Waals surface area contributed by atoms with E-state index in [1.807, 2.05) is 0 Å². The van der Waals surface area contributed by atoms with Crippen molar-refractivity contribution in [3.8, 4) is 17.6 Å². The molecule has 2 aliphatic heterocycles. The van der Waals surface area contributed by atoms with Crippen LogP contribution < -0.4 is 9.47 Å². The summed E-state index contributed by atoms with van der Waals surface area (Å²) in [6.07, 6.45) is -7.85. The molecule has 0 radical (unpaired) electrons. The predicted octanol–water partition coefficient (Wildman–Crippen LogP) is 8.51. The molecule has 3 aromatic rings. The first-order valence-corrected chi connectivity index (χ1v) is 19.1. The minimum absolute atomic E-state index is 0.0192. The van der Waals surface area contributed by atoms with Crippen molar-refractivity contribution in [1.82, 2.24) is 14.8 Å². The minimum atomic E-state index is -4.93. The first-order chi connectivity index (χ1) is 26.7. The average molecular weight is 827 g/mol. The lowest BCUT2D eigenvalue weighted by Crippen LogP contribution is -2.68. The fraction of sp³-hybridized carbons (Fsp3) is 0.513. The monoisotopic (exact) mass is 826 g/mol. The number of nitriles is 1. The van der Waals surface area contributed by atoms with E-state index in [1.54, 1.807) is 6.92 Å². The Bertz CT molecular complexity index is 2000. The van der Waals surface area contributed by atoms with Crippen molar-refractivity contribution < 1.29 is 59.7 Å². The van der Waals surface area contributed by atoms with Crippen LogP contribution in [0.5, 0.6) is 11.5 Å². The van der Waals surface area contributed by atoms with E-state index < -0.39 is 74.4 Å². The van der Waals surface area contributed by atoms with Crippen LogP contribution in [0.3, 0.4) is 0 Å². The highest BCUT2D eigenvalue weighted by atomic mass is 32.1. The summed E-state index contributed by atoms with van der Waals surface area (Å²) in [5, 5.41) is 21.1. The van der Waals surface area contributed by atoms with Crippen LogP contribution in [-0.4, -0.2) is 75.6 Å². The van der Waals surface area contributed by atoms with Crippen molar-refractivity contribution in [2.75, 3.05) is 26.2 Å². The zero-order chi connectivity index (χ0) is 42.0. The van der Waals surface area contributed by atoms with Gasteiger partial charge >= 0.3 is 18.3 Å². The second kappa shape index (κ2) is 16.5. The summed E-state index contributed by atoms with van der Waals surface area (Å²) in [5.41, 5.74) is -6.47. The molecular weight excluding hydrogens is 786 g/mol. The molecule has 0 unspecified atom stereocenters. The van der Waals surface area contributed by atoms with Crippen LogP contribution in [0.15, 0.2) is 48.1 Å². The lowest BCUT2D eigenvalue weighted by atomic mass is 9.72. The lowest BCUT2D eigenvalue weighted by molar-refractivity contribution is -0.160. The zero-order valence-corrected chi connectivity index (χ0v) is 32.1. The number of benzene rings is 1. The standard InChI is InChI=1S/C39H41F7N4O6S/c1-4-7-29-37(56-24-20-30(57-22-24)39(44,45)46,11-6-16-50(29)32(51)25-21-48-15-10-26(25)38(41,42)43)33(52)49-17-12-36(23-47,13-18-49)27-8-5-9-28(40)31(27)55-19-14-35(2,3)34(53)54/h5,8-10,15,20-22,29H,4,6-7,11-14,16-19H2,1-3H3,(H,53,54)/t29-,37+/m1/s1. The van der Waals surface area contributed by atoms with E-state index in [0.29, 0.717) is 23.8 Å². The summed E-state index contributed by atoms with van der Waals surface area (Å²) < 4.78 is 111. The molecule has 57 heavy (non-hydrogen) atoms. The number of carbonyl (C=O) groups is 3. The van der Waals surface area contributed by atoms with Crippen molar-refractivity contribution in [2.45, 2.75) is 95.1 Å². The summed E-state index contributed by atoms with van der Waals surface area (Å²) in [6, 6.07) is 6.43. The summed E-state index contributed by atoms with van der Waals surface area (Å²) in [5.74, 6) is -4.24. The van der Waals surface area contributed by atoms with Crippen molar-refractivity contribution in [2.24, 2.45) is 5.41 Å². The van der Waals surface area contributed by atoms with Crippen LogP contribution in [0.1, 0.15) is 92.1 Å². The number of carboxylic acids is 1. The number of ether oxygens (including phenoxy) is 2. The number of carboxylic acid groups (broad SMARTS) is 1. The Kier molecular flexibility index (Phi) is 12.5. The number of thiophene rings is 1. The number of alkyl halides is 6. The third-order valence-electron chi connectivity index (χ3n) is 10.7. The fourth-order valence-corrected chi connectivity index (χ4v) is 8.13. The van der Waals surface area contributed by atoms with E-state index >= 15 is 4.39 Å². The Morgan fingerprint density at radius 2 is 1.75 bits per heavy atom. The molecule has 2 aliphatic rings. The molecule has 1 aromatic carbocycles. The molecule has 2 atom stereocenters. The van der Waals surface area contributed by atoms with Gasteiger partial charge in [-0.2, -0.15) is 31.6 Å². The van der Waals surface area contributed by atoms with Gasteiger partial charge in [0.05, 0.1) is 40.7 Å². The number of hydrogen-bond donors (Lipinski definition) is 1. The van der Waals surface area contributed by atoms with Gasteiger partial charge in [-0.3, -0.25) is 19.4 Å². The molecule has 2 saturated heterocycles. The minimum Gasteiger partial charge on any atom is -0.490 e. The Labute approximate surface area is 328 Å². The highest BCUT2D eigenvalue weighted by Gasteiger charge is 2.57. The Morgan fingerprint density at radius 1 is 1.05 bits per heavy atom. The first kappa shape index (κ1) is 43.2. The molecule has 2 fully saturated rings. The normalized spacial score (nSPS) is 20.1. The van der Waals surface area contributed by atoms with Gasteiger partial charge in [0.2, 0.25) is 5.60 Å². The van der Waals surface area contributed by atoms with Gasteiger partial charge in [-0.1, -0.05) is 25.5 Å². The number of pyridine rings is 1. The van der Waals surface area contributed by atoms with Gasteiger partial charge in [0.15, 0.2) is 11.6 Å². The number of para-hydroxylation sites is 1. The molecule has 1 N–H and O–H groups in total. The fourth-order valence-electron chi connectivity index (χ4n) is 7.45. The largest absolute Gasteiger partial charge is 0.490 e. The maximum Gasteiger partial charge on any atom is 0.425 e. The van der Waals surface area contributed by atoms with Crippen LogP contribution in [-0.2, 0) is 27.4 Å². The summed E-state index contributed by atoms with van der Waals surface area (Å²) in [4.78, 5) is 45.9. The third kappa shape index (κ3) is 8.82. The second-order valence-corrected chi connectivity index (χ2v) is 15.8. The quantitative estimate of drug-likeness (QED) is 0.180. The second-order valence-electron chi connectivity index (χ2n) is 14.9. The molecule has 0 saturated carbocycles. The van der Waals surface area contributed by atoms with E-state index in [9.17, 15) is 51.1 Å². The number of aliphatic carboxylic acids is 1. The number of rotatable bonds is 12. The third-order valence-corrected chi connectivity index (χ3v) is 11.7. The molecule has 5 rings (SSSR count). The maximum absolute atomic E-state index is 15.3. The van der Waals surface area contributed by atoms with E-state index in [1.165, 1.54) is 30.9 Å². The predicted molar refractivity (Wildman–Crippen MR) is 192 cm³/mol. The maximum atomic E-state index is 15.3. The Balaban J connectivity index is 1.51. The first-order valence-electron chi connectivity index (χ1n) is 18.2. The van der Waals surface area contributed by atoms with Crippen molar-refractivity contribution >= 4 is 29.1 Å². The SMILES string of the molecule is CCC[C@H]1N(C(=O)c2cnccc2C(F)(F)F)CCC[C@@]1(Oc1csc(C(F)(F)F)c1)C(=O)N1CCC(C#N)(c2cccc(F)c2OCCC(C)(C)C(=O)O)CC1. The number of aromatic nitrogens is 1. The number of amides is 2. The molecule has 308 valence electrons. The van der Waals surface area contributed by atoms with Gasteiger partial charge in [0.25, 0.3) is 11.8 Å². The highest BCUT2D eigenvalue weighted by molar-refractivity contribution is 7.10. The number of nitrogens with zero attached hydrogens (tertiary/aromatic N) is 4. The summed E-state index contributed by atoms with van der Waals surface area (Å²) >= 11 is 0.329. The van der Waals surface area contributed by atoms with E-state index in [4.69, 9.17) is 9.47 Å². The van der Waals surface area contributed by atoms with Crippen molar-refractivity contribution in [1.29, 1.82) is 5.26 Å². The van der Waals surface area contributed by atoms with Crippen LogP contribution in [0.4, 0.5) is 30.7 Å². The zero-order valence-electron chi connectivity index (χ0n) is 31.3. The summed E-state index contributed by atoms with van der Waals surface area (Å²) in [6.45, 7) is 4.15. The molecule has 2 aromatic heterocycles. The number of likely N-dealkylation sites (tertiary alicyclic amines) is 2. The van der Waals surface area contributed by atoms with Gasteiger partial charge < -0.3 is 24.4 Å². The molecule has 0 bridgehead atoms. The Hall–Kier alpha value is -4.92. The molecule has 2 amide bonds. The van der Waals surface area contributed by atoms with Crippen molar-refractivity contribution in [3.63, 3.8) is 0 Å². The highest BCUT2D eigenvalue weighted by Crippen LogP contribution is 2.45. The molecule has 0 aliphatic carbocycles. The van der Waals surface area contributed by atoms with E-state index in [-0.39, 0.29) is 81.8 Å². The number of hydrogen-bond acceptors (Lipinski definition) is 8. The molecular formula is C39H41F7N4O6S. The number of piperidine rings is 2. The van der Waals surface area contributed by atoms with E-state index in [2.05, 4.69) is 11.1 Å². The lowest BCUT2D eigenvalue weighted by Gasteiger charge is -2.51. The van der Waals surface area contributed by atoms with Gasteiger partial charge in [-0.05, 0) is 58.1 Å². The van der Waals surface area contributed by atoms with Gasteiger partial charge in [-0.15, -0.1) is 11.3 Å². The smallest absolute Gasteiger partial charge is 0.425 e. The average Bonchev–Trinajstić information content (AvgIpc) is 3.64. The van der Waals surface area contributed by atoms with Crippen LogP contribution in [0.25, 0.3) is 0 Å².